The third-order valence-electron chi connectivity index (χ3n) is 12.5. The van der Waals surface area contributed by atoms with Gasteiger partial charge in [0.15, 0.2) is 0 Å². The lowest BCUT2D eigenvalue weighted by molar-refractivity contribution is 0.669. The number of nitrogens with zero attached hydrogens (tertiary/aromatic N) is 1. The Balaban J connectivity index is 0.942. The van der Waals surface area contributed by atoms with E-state index < -0.39 is 0 Å². The molecule has 3 aromatic heterocycles. The topological polar surface area (TPSA) is 42.7 Å². The van der Waals surface area contributed by atoms with Crippen LogP contribution in [0, 0.1) is 0 Å². The Hall–Kier alpha value is -8.34. The van der Waals surface area contributed by atoms with Crippen molar-refractivity contribution in [1.29, 1.82) is 0 Å². The summed E-state index contributed by atoms with van der Waals surface area (Å²) in [6.07, 6.45) is 0. The molecule has 0 fully saturated rings. The highest BCUT2D eigenvalue weighted by atomic mass is 16.3. The van der Waals surface area contributed by atoms with Gasteiger partial charge in [0.1, 0.15) is 33.5 Å². The molecular weight excluding hydrogens is 759 g/mol. The number of anilines is 3. The molecule has 62 heavy (non-hydrogen) atoms. The van der Waals surface area contributed by atoms with E-state index in [-0.39, 0.29) is 0 Å². The van der Waals surface area contributed by atoms with Crippen LogP contribution in [0.25, 0.3) is 110 Å². The quantitative estimate of drug-likeness (QED) is 0.168. The van der Waals surface area contributed by atoms with E-state index in [0.717, 1.165) is 116 Å². The van der Waals surface area contributed by atoms with Gasteiger partial charge in [-0.1, -0.05) is 152 Å². The van der Waals surface area contributed by atoms with Gasteiger partial charge in [0.25, 0.3) is 0 Å². The molecule has 0 saturated heterocycles. The summed E-state index contributed by atoms with van der Waals surface area (Å²) >= 11 is 0. The average Bonchev–Trinajstić information content (AvgIpc) is 4.03. The number of hydrogen-bond acceptors (Lipinski definition) is 4. The van der Waals surface area contributed by atoms with Gasteiger partial charge < -0.3 is 18.2 Å². The second-order valence-electron chi connectivity index (χ2n) is 16.0. The van der Waals surface area contributed by atoms with Gasteiger partial charge in [-0.25, -0.2) is 0 Å². The van der Waals surface area contributed by atoms with Crippen molar-refractivity contribution in [2.75, 3.05) is 4.90 Å². The molecule has 0 amide bonds. The molecule has 0 radical (unpaired) electrons. The Morgan fingerprint density at radius 2 is 0.694 bits per heavy atom. The van der Waals surface area contributed by atoms with Crippen molar-refractivity contribution in [2.24, 2.45) is 0 Å². The zero-order chi connectivity index (χ0) is 40.7. The molecule has 290 valence electrons. The normalized spacial score (nSPS) is 11.9. The number of benzene rings is 10. The molecule has 13 aromatic rings. The van der Waals surface area contributed by atoms with E-state index in [0.29, 0.717) is 0 Å². The van der Waals surface area contributed by atoms with Crippen LogP contribution < -0.4 is 4.90 Å². The third-order valence-corrected chi connectivity index (χ3v) is 12.5. The summed E-state index contributed by atoms with van der Waals surface area (Å²) in [5.41, 5.74) is 14.9. The lowest BCUT2D eigenvalue weighted by Crippen LogP contribution is -2.10. The molecule has 13 rings (SSSR count). The number of hydrogen-bond donors (Lipinski definition) is 0. The van der Waals surface area contributed by atoms with E-state index in [2.05, 4.69) is 193 Å². The summed E-state index contributed by atoms with van der Waals surface area (Å²) in [5.74, 6) is 0. The van der Waals surface area contributed by atoms with Crippen molar-refractivity contribution < 1.29 is 13.3 Å². The number of para-hydroxylation sites is 5. The first kappa shape index (κ1) is 34.5. The molecule has 0 aliphatic rings. The van der Waals surface area contributed by atoms with Crippen molar-refractivity contribution in [1.82, 2.24) is 0 Å². The average molecular weight is 794 g/mol. The van der Waals surface area contributed by atoms with Crippen LogP contribution in [0.3, 0.4) is 0 Å². The highest BCUT2D eigenvalue weighted by Crippen LogP contribution is 2.43. The van der Waals surface area contributed by atoms with Crippen LogP contribution in [0.2, 0.25) is 0 Å². The van der Waals surface area contributed by atoms with Crippen LogP contribution in [0.5, 0.6) is 0 Å². The monoisotopic (exact) mass is 793 g/mol. The fraction of sp³-hybridized carbons (Fsp3) is 0. The Morgan fingerprint density at radius 1 is 0.258 bits per heavy atom. The maximum absolute atomic E-state index is 6.70. The predicted molar refractivity (Wildman–Crippen MR) is 257 cm³/mol. The van der Waals surface area contributed by atoms with Gasteiger partial charge in [-0.2, -0.15) is 0 Å². The molecular formula is C58H35NO3. The van der Waals surface area contributed by atoms with Crippen molar-refractivity contribution in [3.8, 4) is 33.4 Å². The zero-order valence-electron chi connectivity index (χ0n) is 33.4. The van der Waals surface area contributed by atoms with E-state index in [9.17, 15) is 0 Å². The molecule has 0 atom stereocenters. The lowest BCUT2D eigenvalue weighted by atomic mass is 9.99. The molecule has 0 aliphatic heterocycles. The molecule has 3 heterocycles. The van der Waals surface area contributed by atoms with Crippen LogP contribution in [-0.2, 0) is 0 Å². The van der Waals surface area contributed by atoms with Crippen LogP contribution in [0.4, 0.5) is 17.1 Å². The van der Waals surface area contributed by atoms with Gasteiger partial charge in [-0.15, -0.1) is 0 Å². The van der Waals surface area contributed by atoms with Crippen LogP contribution >= 0.6 is 0 Å². The molecule has 4 heteroatoms. The van der Waals surface area contributed by atoms with Gasteiger partial charge in [0.05, 0.1) is 0 Å². The number of fused-ring (bicyclic) bond motifs is 10. The van der Waals surface area contributed by atoms with Crippen molar-refractivity contribution in [2.45, 2.75) is 0 Å². The molecule has 10 aromatic carbocycles. The van der Waals surface area contributed by atoms with E-state index in [1.807, 2.05) is 24.3 Å². The predicted octanol–water partition coefficient (Wildman–Crippen LogP) is 17.0. The van der Waals surface area contributed by atoms with E-state index in [1.54, 1.807) is 0 Å². The maximum atomic E-state index is 6.70. The Labute approximate surface area is 356 Å². The lowest BCUT2D eigenvalue weighted by Gasteiger charge is -2.26. The fourth-order valence-electron chi connectivity index (χ4n) is 9.50. The zero-order valence-corrected chi connectivity index (χ0v) is 33.4. The summed E-state index contributed by atoms with van der Waals surface area (Å²) in [4.78, 5) is 2.33. The maximum Gasteiger partial charge on any atom is 0.143 e. The molecule has 0 saturated carbocycles. The largest absolute Gasteiger partial charge is 0.455 e. The third kappa shape index (κ3) is 5.40. The first-order valence-electron chi connectivity index (χ1n) is 21.0. The summed E-state index contributed by atoms with van der Waals surface area (Å²) in [7, 11) is 0. The molecule has 4 nitrogen and oxygen atoms in total. The minimum atomic E-state index is 0.884. The van der Waals surface area contributed by atoms with E-state index >= 15 is 0 Å². The number of furan rings is 3. The molecule has 0 N–H and O–H groups in total. The summed E-state index contributed by atoms with van der Waals surface area (Å²) in [6, 6.07) is 75.0. The van der Waals surface area contributed by atoms with Crippen LogP contribution in [0.1, 0.15) is 0 Å². The molecule has 0 unspecified atom stereocenters. The molecule has 0 bridgehead atoms. The number of rotatable bonds is 6. The smallest absolute Gasteiger partial charge is 0.143 e. The van der Waals surface area contributed by atoms with E-state index in [1.165, 1.54) is 10.8 Å². The Kier molecular flexibility index (Phi) is 7.57. The summed E-state index contributed by atoms with van der Waals surface area (Å²) in [6.45, 7) is 0. The highest BCUT2D eigenvalue weighted by Gasteiger charge is 2.19. The highest BCUT2D eigenvalue weighted by molar-refractivity contribution is 6.14. The minimum Gasteiger partial charge on any atom is -0.455 e. The van der Waals surface area contributed by atoms with Crippen molar-refractivity contribution >= 4 is 93.7 Å². The summed E-state index contributed by atoms with van der Waals surface area (Å²) < 4.78 is 19.6. The Bertz CT molecular complexity index is 3710. The molecule has 0 aliphatic carbocycles. The summed E-state index contributed by atoms with van der Waals surface area (Å²) in [5, 5.41) is 9.08. The standard InChI is InChI=1S/C58H35NO3/c1-2-12-39-35-55-52(34-38(39)11-1)51-22-10-19-46(58(51)62-55)40-13-7-14-43(33-40)59(41-29-25-36(26-30-41)44-17-8-20-49-47-15-3-5-23-53(47)60-56(44)49)42-31-27-37(28-32-42)45-18-9-21-50-48-16-4-6-24-54(48)61-57(45)50/h1-35H. The second kappa shape index (κ2) is 13.6. The van der Waals surface area contributed by atoms with Crippen LogP contribution in [-0.4, -0.2) is 0 Å². The van der Waals surface area contributed by atoms with Gasteiger partial charge >= 0.3 is 0 Å². The van der Waals surface area contributed by atoms with Crippen LogP contribution in [0.15, 0.2) is 226 Å². The Morgan fingerprint density at radius 3 is 1.26 bits per heavy atom. The van der Waals surface area contributed by atoms with Crippen molar-refractivity contribution in [3.05, 3.63) is 212 Å². The van der Waals surface area contributed by atoms with Crippen molar-refractivity contribution in [3.63, 3.8) is 0 Å². The first-order chi connectivity index (χ1) is 30.7. The molecule has 0 spiro atoms. The van der Waals surface area contributed by atoms with E-state index in [4.69, 9.17) is 13.3 Å². The van der Waals surface area contributed by atoms with Gasteiger partial charge in [0.2, 0.25) is 0 Å². The second-order valence-corrected chi connectivity index (χ2v) is 16.0. The minimum absolute atomic E-state index is 0.884. The fourth-order valence-corrected chi connectivity index (χ4v) is 9.50. The van der Waals surface area contributed by atoms with Gasteiger partial charge in [-0.3, -0.25) is 0 Å². The van der Waals surface area contributed by atoms with Gasteiger partial charge in [-0.05, 0) is 88.1 Å². The SMILES string of the molecule is c1cc(-c2cccc3c2oc2cc4ccccc4cc23)cc(N(c2ccc(-c3cccc4c3oc3ccccc34)cc2)c2ccc(-c3cccc4c3oc3ccccc34)cc2)c1. The van der Waals surface area contributed by atoms with Gasteiger partial charge in [0, 0.05) is 66.1 Å². The first-order valence-corrected chi connectivity index (χ1v) is 21.0.